The minimum atomic E-state index is -0.190. The maximum atomic E-state index is 8.20. The average molecular weight is 145 g/mol. The molecule has 0 aromatic carbocycles. The summed E-state index contributed by atoms with van der Waals surface area (Å²) in [5.41, 5.74) is 5.25. The lowest BCUT2D eigenvalue weighted by atomic mass is 10.3. The first-order chi connectivity index (χ1) is 4.91. The fourth-order valence-electron chi connectivity index (χ4n) is 0.548. The summed E-state index contributed by atoms with van der Waals surface area (Å²) in [4.78, 5) is 0. The Balaban J connectivity index is 2.88. The van der Waals surface area contributed by atoms with Gasteiger partial charge in [-0.3, -0.25) is 0 Å². The third-order valence-corrected chi connectivity index (χ3v) is 1.02. The van der Waals surface area contributed by atoms with Crippen LogP contribution in [0.1, 0.15) is 12.8 Å². The Labute approximate surface area is 61.5 Å². The molecule has 0 atom stereocenters. The Bertz CT molecular complexity index is 83.7. The zero-order valence-electron chi connectivity index (χ0n) is 6.12. The van der Waals surface area contributed by atoms with E-state index >= 15 is 0 Å². The molecule has 3 nitrogen and oxygen atoms in total. The first kappa shape index (κ1) is 9.62. The predicted octanol–water partition coefficient (Wildman–Crippen LogP) is 0.248. The van der Waals surface area contributed by atoms with Gasteiger partial charge in [0, 0.05) is 0 Å². The van der Waals surface area contributed by atoms with Crippen LogP contribution in [0, 0.1) is 0 Å². The minimum absolute atomic E-state index is 0.190. The predicted molar refractivity (Wildman–Crippen MR) is 40.5 cm³/mol. The topological polar surface area (TPSA) is 55.5 Å². The van der Waals surface area contributed by atoms with Crippen molar-refractivity contribution in [1.29, 1.82) is 0 Å². The molecule has 0 heterocycles. The van der Waals surface area contributed by atoms with Crippen LogP contribution >= 0.6 is 0 Å². The van der Waals surface area contributed by atoms with Crippen molar-refractivity contribution >= 4 is 0 Å². The van der Waals surface area contributed by atoms with E-state index in [1.807, 2.05) is 12.2 Å². The van der Waals surface area contributed by atoms with Gasteiger partial charge in [-0.05, 0) is 19.4 Å². The van der Waals surface area contributed by atoms with Crippen LogP contribution in [0.2, 0.25) is 0 Å². The van der Waals surface area contributed by atoms with E-state index in [0.717, 1.165) is 12.8 Å². The number of hydrogen-bond donors (Lipinski definition) is 2. The molecular weight excluding hydrogens is 130 g/mol. The molecular formula is C7H15NO2. The van der Waals surface area contributed by atoms with Gasteiger partial charge in [0.25, 0.3) is 0 Å². The van der Waals surface area contributed by atoms with Crippen molar-refractivity contribution in [2.24, 2.45) is 5.73 Å². The second-order valence-corrected chi connectivity index (χ2v) is 1.87. The summed E-state index contributed by atoms with van der Waals surface area (Å²) in [6, 6.07) is 0. The van der Waals surface area contributed by atoms with Gasteiger partial charge in [-0.25, -0.2) is 0 Å². The first-order valence-corrected chi connectivity index (χ1v) is 3.45. The van der Waals surface area contributed by atoms with Gasteiger partial charge in [-0.1, -0.05) is 12.2 Å². The molecule has 3 heteroatoms. The van der Waals surface area contributed by atoms with E-state index in [9.17, 15) is 0 Å². The second-order valence-electron chi connectivity index (χ2n) is 1.87. The maximum Gasteiger partial charge on any atom is 0.143 e. The zero-order valence-corrected chi connectivity index (χ0v) is 6.12. The number of rotatable bonds is 6. The van der Waals surface area contributed by atoms with Crippen LogP contribution in [-0.2, 0) is 4.74 Å². The van der Waals surface area contributed by atoms with E-state index in [0.29, 0.717) is 13.2 Å². The lowest BCUT2D eigenvalue weighted by Crippen LogP contribution is -1.96. The molecule has 0 unspecified atom stereocenters. The normalized spacial score (nSPS) is 11.0. The Morgan fingerprint density at radius 2 is 2.00 bits per heavy atom. The van der Waals surface area contributed by atoms with Crippen LogP contribution in [0.4, 0.5) is 0 Å². The van der Waals surface area contributed by atoms with Crippen LogP contribution < -0.4 is 5.73 Å². The summed E-state index contributed by atoms with van der Waals surface area (Å²) in [5, 5.41) is 8.20. The van der Waals surface area contributed by atoms with Gasteiger partial charge < -0.3 is 15.6 Å². The van der Waals surface area contributed by atoms with Gasteiger partial charge in [-0.15, -0.1) is 0 Å². The highest BCUT2D eigenvalue weighted by molar-refractivity contribution is 4.81. The smallest absolute Gasteiger partial charge is 0.143 e. The Kier molecular flexibility index (Phi) is 8.29. The van der Waals surface area contributed by atoms with Crippen LogP contribution in [0.15, 0.2) is 12.2 Å². The third kappa shape index (κ3) is 7.62. The summed E-state index contributed by atoms with van der Waals surface area (Å²) in [6.07, 6.45) is 5.78. The maximum absolute atomic E-state index is 8.20. The number of nitrogens with two attached hydrogens (primary N) is 1. The highest BCUT2D eigenvalue weighted by Crippen LogP contribution is 1.86. The summed E-state index contributed by atoms with van der Waals surface area (Å²) in [6.45, 7) is 1.08. The van der Waals surface area contributed by atoms with Crippen LogP contribution in [0.5, 0.6) is 0 Å². The van der Waals surface area contributed by atoms with Crippen molar-refractivity contribution in [3.63, 3.8) is 0 Å². The molecule has 0 aliphatic carbocycles. The molecule has 0 bridgehead atoms. The second kappa shape index (κ2) is 8.62. The first-order valence-electron chi connectivity index (χ1n) is 3.45. The Hall–Kier alpha value is -0.380. The SMILES string of the molecule is NCC/C=C\CCOCO. The third-order valence-electron chi connectivity index (χ3n) is 1.02. The van der Waals surface area contributed by atoms with E-state index in [1.54, 1.807) is 0 Å². The molecule has 0 fully saturated rings. The lowest BCUT2D eigenvalue weighted by Gasteiger charge is -1.93. The monoisotopic (exact) mass is 145 g/mol. The van der Waals surface area contributed by atoms with Gasteiger partial charge in [-0.2, -0.15) is 0 Å². The fraction of sp³-hybridized carbons (Fsp3) is 0.714. The molecule has 0 rings (SSSR count). The summed E-state index contributed by atoms with van der Waals surface area (Å²) < 4.78 is 4.69. The molecule has 3 N–H and O–H groups in total. The Morgan fingerprint density at radius 3 is 2.60 bits per heavy atom. The molecule has 10 heavy (non-hydrogen) atoms. The molecule has 0 aromatic rings. The van der Waals surface area contributed by atoms with E-state index in [2.05, 4.69) is 4.74 Å². The molecule has 0 aliphatic rings. The van der Waals surface area contributed by atoms with Gasteiger partial charge >= 0.3 is 0 Å². The van der Waals surface area contributed by atoms with E-state index in [-0.39, 0.29) is 6.79 Å². The molecule has 0 saturated heterocycles. The minimum Gasteiger partial charge on any atom is -0.371 e. The molecule has 0 amide bonds. The number of ether oxygens (including phenoxy) is 1. The van der Waals surface area contributed by atoms with Crippen LogP contribution in [-0.4, -0.2) is 25.1 Å². The van der Waals surface area contributed by atoms with Gasteiger partial charge in [0.1, 0.15) is 6.79 Å². The lowest BCUT2D eigenvalue weighted by molar-refractivity contribution is 0.000970. The van der Waals surface area contributed by atoms with Crippen molar-refractivity contribution < 1.29 is 9.84 Å². The molecule has 60 valence electrons. The van der Waals surface area contributed by atoms with E-state index in [1.165, 1.54) is 0 Å². The number of aliphatic hydroxyl groups is 1. The van der Waals surface area contributed by atoms with Crippen molar-refractivity contribution in [2.75, 3.05) is 19.9 Å². The van der Waals surface area contributed by atoms with E-state index in [4.69, 9.17) is 10.8 Å². The summed E-state index contributed by atoms with van der Waals surface area (Å²) in [7, 11) is 0. The number of hydrogen-bond acceptors (Lipinski definition) is 3. The zero-order chi connectivity index (χ0) is 7.66. The van der Waals surface area contributed by atoms with Crippen molar-refractivity contribution in [3.05, 3.63) is 12.2 Å². The average Bonchev–Trinajstić information content (AvgIpc) is 1.97. The Morgan fingerprint density at radius 1 is 1.30 bits per heavy atom. The summed E-state index contributed by atoms with van der Waals surface area (Å²) >= 11 is 0. The van der Waals surface area contributed by atoms with Crippen molar-refractivity contribution in [2.45, 2.75) is 12.8 Å². The largest absolute Gasteiger partial charge is 0.371 e. The van der Waals surface area contributed by atoms with Crippen LogP contribution in [0.25, 0.3) is 0 Å². The van der Waals surface area contributed by atoms with Crippen molar-refractivity contribution in [3.8, 4) is 0 Å². The van der Waals surface area contributed by atoms with Crippen LogP contribution in [0.3, 0.4) is 0 Å². The molecule has 0 spiro atoms. The molecule has 0 aliphatic heterocycles. The van der Waals surface area contributed by atoms with Crippen molar-refractivity contribution in [1.82, 2.24) is 0 Å². The molecule has 0 saturated carbocycles. The quantitative estimate of drug-likeness (QED) is 0.320. The summed E-state index contributed by atoms with van der Waals surface area (Å²) in [5.74, 6) is 0. The standard InChI is InChI=1S/C7H15NO2/c8-5-3-1-2-4-6-10-7-9/h1-2,9H,3-8H2/b2-1-. The number of aliphatic hydroxyl groups excluding tert-OH is 1. The van der Waals surface area contributed by atoms with Gasteiger partial charge in [0.2, 0.25) is 0 Å². The molecule has 0 aromatic heterocycles. The van der Waals surface area contributed by atoms with Gasteiger partial charge in [0.05, 0.1) is 6.61 Å². The van der Waals surface area contributed by atoms with E-state index < -0.39 is 0 Å². The highest BCUT2D eigenvalue weighted by Gasteiger charge is 1.79. The fourth-order valence-corrected chi connectivity index (χ4v) is 0.548. The molecule has 0 radical (unpaired) electrons. The van der Waals surface area contributed by atoms with Gasteiger partial charge in [0.15, 0.2) is 0 Å². The highest BCUT2D eigenvalue weighted by atomic mass is 16.6.